The number of nitrogens with two attached hydrogens (primary N) is 1. The van der Waals surface area contributed by atoms with E-state index in [2.05, 4.69) is 11.9 Å². The van der Waals surface area contributed by atoms with E-state index in [1.807, 2.05) is 24.3 Å². The number of hydrogen-bond donors (Lipinski definition) is 2. The Hall–Kier alpha value is -2.01. The molecular formula is C14H20N2O3. The van der Waals surface area contributed by atoms with E-state index in [9.17, 15) is 4.79 Å². The minimum atomic E-state index is -0.478. The van der Waals surface area contributed by atoms with Gasteiger partial charge in [-0.15, -0.1) is 0 Å². The molecule has 0 aliphatic rings. The van der Waals surface area contributed by atoms with Crippen LogP contribution in [0.2, 0.25) is 0 Å². The largest absolute Gasteiger partial charge is 0.496 e. The van der Waals surface area contributed by atoms with Crippen molar-refractivity contribution in [3.05, 3.63) is 42.5 Å². The molecule has 0 aliphatic heterocycles. The number of nitrogens with one attached hydrogen (secondary N) is 1. The van der Waals surface area contributed by atoms with Crippen molar-refractivity contribution in [3.8, 4) is 5.75 Å². The highest BCUT2D eigenvalue weighted by Crippen LogP contribution is 2.25. The van der Waals surface area contributed by atoms with Gasteiger partial charge in [-0.3, -0.25) is 0 Å². The highest BCUT2D eigenvalue weighted by Gasteiger charge is 2.15. The van der Waals surface area contributed by atoms with Crippen molar-refractivity contribution in [3.63, 3.8) is 0 Å². The molecule has 0 aromatic heterocycles. The monoisotopic (exact) mass is 264 g/mol. The maximum Gasteiger partial charge on any atom is 0.407 e. The van der Waals surface area contributed by atoms with E-state index in [1.165, 1.54) is 6.08 Å². The second kappa shape index (κ2) is 8.16. The molecule has 0 aliphatic carbocycles. The minimum absolute atomic E-state index is 0.0209. The van der Waals surface area contributed by atoms with Crippen LogP contribution >= 0.6 is 0 Å². The molecule has 0 radical (unpaired) electrons. The predicted octanol–water partition coefficient (Wildman–Crippen LogP) is 1.65. The summed E-state index contributed by atoms with van der Waals surface area (Å²) in [4.78, 5) is 11.4. The normalized spacial score (nSPS) is 11.5. The van der Waals surface area contributed by atoms with E-state index >= 15 is 0 Å². The van der Waals surface area contributed by atoms with Crippen LogP contribution in [0, 0.1) is 0 Å². The highest BCUT2D eigenvalue weighted by atomic mass is 16.5. The van der Waals surface area contributed by atoms with Crippen molar-refractivity contribution < 1.29 is 14.3 Å². The first-order valence-corrected chi connectivity index (χ1v) is 6.07. The summed E-state index contributed by atoms with van der Waals surface area (Å²) in [6, 6.07) is 7.61. The Balaban J connectivity index is 2.62. The summed E-state index contributed by atoms with van der Waals surface area (Å²) in [7, 11) is 1.61. The van der Waals surface area contributed by atoms with E-state index in [0.717, 1.165) is 11.3 Å². The van der Waals surface area contributed by atoms with E-state index in [4.69, 9.17) is 15.2 Å². The smallest absolute Gasteiger partial charge is 0.407 e. The molecule has 0 saturated heterocycles. The van der Waals surface area contributed by atoms with Gasteiger partial charge in [0.2, 0.25) is 0 Å². The number of benzene rings is 1. The molecule has 104 valence electrons. The minimum Gasteiger partial charge on any atom is -0.496 e. The molecule has 1 atom stereocenters. The Morgan fingerprint density at radius 3 is 2.89 bits per heavy atom. The van der Waals surface area contributed by atoms with Gasteiger partial charge in [-0.1, -0.05) is 30.9 Å². The van der Waals surface area contributed by atoms with E-state index in [1.54, 1.807) is 7.11 Å². The molecule has 0 fully saturated rings. The number of para-hydroxylation sites is 1. The number of carbonyl (C=O) groups is 1. The summed E-state index contributed by atoms with van der Waals surface area (Å²) in [6.45, 7) is 4.46. The van der Waals surface area contributed by atoms with Crippen molar-refractivity contribution in [2.45, 2.75) is 5.92 Å². The predicted molar refractivity (Wildman–Crippen MR) is 74.3 cm³/mol. The second-order valence-electron chi connectivity index (χ2n) is 3.94. The molecule has 1 amide bonds. The van der Waals surface area contributed by atoms with Crippen LogP contribution in [0.4, 0.5) is 4.79 Å². The van der Waals surface area contributed by atoms with Crippen LogP contribution in [0.15, 0.2) is 36.9 Å². The first-order valence-electron chi connectivity index (χ1n) is 6.07. The molecule has 19 heavy (non-hydrogen) atoms. The number of rotatable bonds is 7. The Labute approximate surface area is 113 Å². The average molecular weight is 264 g/mol. The molecule has 0 bridgehead atoms. The third kappa shape index (κ3) is 4.63. The van der Waals surface area contributed by atoms with Crippen molar-refractivity contribution in [1.82, 2.24) is 5.32 Å². The number of alkyl carbamates (subject to hydrolysis) is 1. The van der Waals surface area contributed by atoms with E-state index < -0.39 is 6.09 Å². The molecule has 0 spiro atoms. The number of carbonyl (C=O) groups excluding carboxylic acids is 1. The van der Waals surface area contributed by atoms with Gasteiger partial charge in [0.05, 0.1) is 7.11 Å². The van der Waals surface area contributed by atoms with Gasteiger partial charge in [-0.25, -0.2) is 4.79 Å². The van der Waals surface area contributed by atoms with E-state index in [-0.39, 0.29) is 12.5 Å². The first kappa shape index (κ1) is 15.0. The second-order valence-corrected chi connectivity index (χ2v) is 3.94. The fourth-order valence-electron chi connectivity index (χ4n) is 1.72. The molecule has 0 unspecified atom stereocenters. The summed E-state index contributed by atoms with van der Waals surface area (Å²) in [5, 5.41) is 2.67. The summed E-state index contributed by atoms with van der Waals surface area (Å²) >= 11 is 0. The molecular weight excluding hydrogens is 244 g/mol. The zero-order chi connectivity index (χ0) is 14.1. The highest BCUT2D eigenvalue weighted by molar-refractivity contribution is 5.67. The van der Waals surface area contributed by atoms with Gasteiger partial charge in [0.15, 0.2) is 0 Å². The molecule has 0 saturated carbocycles. The molecule has 5 nitrogen and oxygen atoms in total. The number of methoxy groups -OCH3 is 1. The van der Waals surface area contributed by atoms with Crippen molar-refractivity contribution in [1.29, 1.82) is 0 Å². The summed E-state index contributed by atoms with van der Waals surface area (Å²) < 4.78 is 10.1. The third-order valence-electron chi connectivity index (χ3n) is 2.69. The van der Waals surface area contributed by atoms with E-state index in [0.29, 0.717) is 13.1 Å². The zero-order valence-corrected chi connectivity index (χ0v) is 11.1. The van der Waals surface area contributed by atoms with Gasteiger partial charge >= 0.3 is 6.09 Å². The molecule has 1 rings (SSSR count). The van der Waals surface area contributed by atoms with Crippen LogP contribution in [0.25, 0.3) is 0 Å². The number of amides is 1. The Morgan fingerprint density at radius 1 is 1.53 bits per heavy atom. The van der Waals surface area contributed by atoms with Gasteiger partial charge in [0, 0.05) is 24.6 Å². The fourth-order valence-corrected chi connectivity index (χ4v) is 1.72. The number of hydrogen-bond acceptors (Lipinski definition) is 4. The average Bonchev–Trinajstić information content (AvgIpc) is 2.46. The lowest BCUT2D eigenvalue weighted by Gasteiger charge is -2.18. The third-order valence-corrected chi connectivity index (χ3v) is 2.69. The molecule has 1 aromatic carbocycles. The lowest BCUT2D eigenvalue weighted by atomic mass is 9.98. The Morgan fingerprint density at radius 2 is 2.26 bits per heavy atom. The fraction of sp³-hybridized carbons (Fsp3) is 0.357. The maximum absolute atomic E-state index is 11.4. The van der Waals surface area contributed by atoms with Crippen LogP contribution in [0.5, 0.6) is 5.75 Å². The van der Waals surface area contributed by atoms with Crippen LogP contribution in [-0.2, 0) is 4.74 Å². The van der Waals surface area contributed by atoms with Gasteiger partial charge in [-0.2, -0.15) is 0 Å². The van der Waals surface area contributed by atoms with Crippen molar-refractivity contribution >= 4 is 6.09 Å². The lowest BCUT2D eigenvalue weighted by Crippen LogP contribution is -2.32. The van der Waals surface area contributed by atoms with Gasteiger partial charge < -0.3 is 20.5 Å². The quantitative estimate of drug-likeness (QED) is 0.734. The SMILES string of the molecule is C=CCOC(=O)NC[C@@H](CN)c1ccccc1OC. The Bertz CT molecular complexity index is 421. The van der Waals surface area contributed by atoms with Gasteiger partial charge in [-0.05, 0) is 6.07 Å². The Kier molecular flexibility index (Phi) is 6.46. The zero-order valence-electron chi connectivity index (χ0n) is 11.1. The standard InChI is InChI=1S/C14H20N2O3/c1-3-8-19-14(17)16-10-11(9-15)12-6-4-5-7-13(12)18-2/h3-7,11H,1,8-10,15H2,2H3,(H,16,17)/t11-/m1/s1. The lowest BCUT2D eigenvalue weighted by molar-refractivity contribution is 0.157. The molecule has 1 aromatic rings. The molecule has 0 heterocycles. The summed E-state index contributed by atoms with van der Waals surface area (Å²) in [5.41, 5.74) is 6.72. The number of ether oxygens (including phenoxy) is 2. The molecule has 3 N–H and O–H groups in total. The van der Waals surface area contributed by atoms with Crippen molar-refractivity contribution in [2.75, 3.05) is 26.8 Å². The van der Waals surface area contributed by atoms with Crippen LogP contribution in [0.1, 0.15) is 11.5 Å². The first-order chi connectivity index (χ1) is 9.22. The van der Waals surface area contributed by atoms with Crippen molar-refractivity contribution in [2.24, 2.45) is 5.73 Å². The van der Waals surface area contributed by atoms with Gasteiger partial charge in [0.25, 0.3) is 0 Å². The molecule has 5 heteroatoms. The van der Waals surface area contributed by atoms with Gasteiger partial charge in [0.1, 0.15) is 12.4 Å². The maximum atomic E-state index is 11.4. The summed E-state index contributed by atoms with van der Waals surface area (Å²) in [5.74, 6) is 0.742. The van der Waals surface area contributed by atoms with Crippen LogP contribution in [-0.4, -0.2) is 32.9 Å². The summed E-state index contributed by atoms with van der Waals surface area (Å²) in [6.07, 6.45) is 1.04. The topological polar surface area (TPSA) is 73.6 Å². The van der Waals surface area contributed by atoms with Crippen LogP contribution in [0.3, 0.4) is 0 Å². The van der Waals surface area contributed by atoms with Crippen LogP contribution < -0.4 is 15.8 Å².